The van der Waals surface area contributed by atoms with E-state index in [4.69, 9.17) is 0 Å². The molecule has 0 spiro atoms. The molecule has 0 heterocycles. The molecule has 0 fully saturated rings. The first-order chi connectivity index (χ1) is 9.97. The Bertz CT molecular complexity index is 596. The zero-order chi connectivity index (χ0) is 15.4. The molecule has 4 heteroatoms. The highest BCUT2D eigenvalue weighted by Crippen LogP contribution is 2.21. The molecule has 0 amide bonds. The fourth-order valence-corrected chi connectivity index (χ4v) is 2.16. The second-order valence-electron chi connectivity index (χ2n) is 5.37. The molecule has 0 aliphatic heterocycles. The molecule has 2 aromatic rings. The largest absolute Gasteiger partial charge is 0.508 e. The molecule has 1 atom stereocenters. The summed E-state index contributed by atoms with van der Waals surface area (Å²) < 4.78 is 13.8. The minimum Gasteiger partial charge on any atom is -0.508 e. The number of phenolic OH excluding ortho intramolecular Hbond substituents is 1. The van der Waals surface area contributed by atoms with Gasteiger partial charge < -0.3 is 15.3 Å². The molecule has 0 aromatic heterocycles. The van der Waals surface area contributed by atoms with Crippen LogP contribution in [0.2, 0.25) is 0 Å². The van der Waals surface area contributed by atoms with Crippen molar-refractivity contribution in [2.24, 2.45) is 0 Å². The van der Waals surface area contributed by atoms with Crippen molar-refractivity contribution >= 4 is 5.69 Å². The monoisotopic (exact) mass is 288 g/mol. The lowest BCUT2D eigenvalue weighted by Crippen LogP contribution is -2.19. The quantitative estimate of drug-likeness (QED) is 0.884. The SMILES string of the molecule is CC(NCc1ccc(N(C)C)cc1)c1ccc(O)cc1F. The summed E-state index contributed by atoms with van der Waals surface area (Å²) in [6.07, 6.45) is 0. The lowest BCUT2D eigenvalue weighted by molar-refractivity contribution is 0.463. The van der Waals surface area contributed by atoms with Gasteiger partial charge in [0.1, 0.15) is 11.6 Å². The summed E-state index contributed by atoms with van der Waals surface area (Å²) >= 11 is 0. The lowest BCUT2D eigenvalue weighted by atomic mass is 10.1. The van der Waals surface area contributed by atoms with E-state index in [0.29, 0.717) is 12.1 Å². The van der Waals surface area contributed by atoms with Gasteiger partial charge >= 0.3 is 0 Å². The summed E-state index contributed by atoms with van der Waals surface area (Å²) in [6.45, 7) is 2.57. The van der Waals surface area contributed by atoms with Crippen molar-refractivity contribution in [3.05, 3.63) is 59.4 Å². The van der Waals surface area contributed by atoms with Crippen LogP contribution in [0.4, 0.5) is 10.1 Å². The van der Waals surface area contributed by atoms with E-state index < -0.39 is 5.82 Å². The third-order valence-corrected chi connectivity index (χ3v) is 3.52. The van der Waals surface area contributed by atoms with Crippen LogP contribution in [-0.4, -0.2) is 19.2 Å². The van der Waals surface area contributed by atoms with E-state index in [9.17, 15) is 9.50 Å². The van der Waals surface area contributed by atoms with Crippen molar-refractivity contribution in [2.45, 2.75) is 19.5 Å². The van der Waals surface area contributed by atoms with E-state index in [1.165, 1.54) is 6.07 Å². The van der Waals surface area contributed by atoms with Crippen molar-refractivity contribution < 1.29 is 9.50 Å². The second kappa shape index (κ2) is 6.59. The minimum absolute atomic E-state index is 0.0530. The third-order valence-electron chi connectivity index (χ3n) is 3.52. The first-order valence-electron chi connectivity index (χ1n) is 6.95. The molecule has 0 aliphatic rings. The first kappa shape index (κ1) is 15.3. The molecule has 2 aromatic carbocycles. The molecular weight excluding hydrogens is 267 g/mol. The number of benzene rings is 2. The maximum Gasteiger partial charge on any atom is 0.131 e. The Morgan fingerprint density at radius 2 is 1.81 bits per heavy atom. The zero-order valence-corrected chi connectivity index (χ0v) is 12.6. The van der Waals surface area contributed by atoms with Crippen LogP contribution >= 0.6 is 0 Å². The fraction of sp³-hybridized carbons (Fsp3) is 0.294. The van der Waals surface area contributed by atoms with Crippen LogP contribution in [0.1, 0.15) is 24.1 Å². The molecule has 2 N–H and O–H groups in total. The highest BCUT2D eigenvalue weighted by molar-refractivity contribution is 5.46. The van der Waals surface area contributed by atoms with Gasteiger partial charge in [0.05, 0.1) is 0 Å². The van der Waals surface area contributed by atoms with Crippen LogP contribution in [0, 0.1) is 5.82 Å². The number of hydrogen-bond donors (Lipinski definition) is 2. The summed E-state index contributed by atoms with van der Waals surface area (Å²) in [5.74, 6) is -0.444. The van der Waals surface area contributed by atoms with Gasteiger partial charge in [-0.05, 0) is 30.7 Å². The molecule has 112 valence electrons. The lowest BCUT2D eigenvalue weighted by Gasteiger charge is -2.16. The van der Waals surface area contributed by atoms with E-state index in [0.717, 1.165) is 17.3 Å². The number of nitrogens with zero attached hydrogens (tertiary/aromatic N) is 1. The zero-order valence-electron chi connectivity index (χ0n) is 12.6. The van der Waals surface area contributed by atoms with Gasteiger partial charge in [0, 0.05) is 44.0 Å². The predicted octanol–water partition coefficient (Wildman–Crippen LogP) is 3.45. The molecule has 3 nitrogen and oxygen atoms in total. The van der Waals surface area contributed by atoms with E-state index in [1.54, 1.807) is 6.07 Å². The molecule has 0 bridgehead atoms. The van der Waals surface area contributed by atoms with E-state index in [-0.39, 0.29) is 11.8 Å². The van der Waals surface area contributed by atoms with Crippen LogP contribution in [0.3, 0.4) is 0 Å². The average Bonchev–Trinajstić information content (AvgIpc) is 2.45. The Balaban J connectivity index is 1.98. The average molecular weight is 288 g/mol. The van der Waals surface area contributed by atoms with Gasteiger partial charge in [0.2, 0.25) is 0 Å². The Labute approximate surface area is 125 Å². The Hall–Kier alpha value is -2.07. The number of hydrogen-bond acceptors (Lipinski definition) is 3. The molecule has 0 aliphatic carbocycles. The summed E-state index contributed by atoms with van der Waals surface area (Å²) in [4.78, 5) is 2.05. The van der Waals surface area contributed by atoms with Crippen LogP contribution in [0.25, 0.3) is 0 Å². The second-order valence-corrected chi connectivity index (χ2v) is 5.37. The van der Waals surface area contributed by atoms with Gasteiger partial charge in [-0.15, -0.1) is 0 Å². The molecule has 0 saturated carbocycles. The topological polar surface area (TPSA) is 35.5 Å². The van der Waals surface area contributed by atoms with Gasteiger partial charge in [-0.3, -0.25) is 0 Å². The van der Waals surface area contributed by atoms with Gasteiger partial charge in [0.15, 0.2) is 0 Å². The summed E-state index contributed by atoms with van der Waals surface area (Å²) in [6, 6.07) is 12.4. The van der Waals surface area contributed by atoms with Crippen molar-refractivity contribution in [1.82, 2.24) is 5.32 Å². The molecular formula is C17H21FN2O. The van der Waals surface area contributed by atoms with Crippen molar-refractivity contribution in [3.63, 3.8) is 0 Å². The summed E-state index contributed by atoms with van der Waals surface area (Å²) in [5, 5.41) is 12.5. The number of halogens is 1. The molecule has 0 saturated heterocycles. The maximum atomic E-state index is 13.8. The van der Waals surface area contributed by atoms with Gasteiger partial charge in [-0.25, -0.2) is 4.39 Å². The Morgan fingerprint density at radius 3 is 2.38 bits per heavy atom. The predicted molar refractivity (Wildman–Crippen MR) is 84.1 cm³/mol. The van der Waals surface area contributed by atoms with Crippen LogP contribution in [-0.2, 0) is 6.54 Å². The first-order valence-corrected chi connectivity index (χ1v) is 6.95. The standard InChI is InChI=1S/C17H21FN2O/c1-12(16-9-8-15(21)10-17(16)18)19-11-13-4-6-14(7-5-13)20(2)3/h4-10,12,19,21H,11H2,1-3H3. The summed E-state index contributed by atoms with van der Waals surface area (Å²) in [7, 11) is 4.01. The van der Waals surface area contributed by atoms with Crippen molar-refractivity contribution in [1.29, 1.82) is 0 Å². The van der Waals surface area contributed by atoms with Crippen LogP contribution in [0.5, 0.6) is 5.75 Å². The third kappa shape index (κ3) is 3.95. The fourth-order valence-electron chi connectivity index (χ4n) is 2.16. The van der Waals surface area contributed by atoms with Crippen LogP contribution in [0.15, 0.2) is 42.5 Å². The Morgan fingerprint density at radius 1 is 1.14 bits per heavy atom. The molecule has 2 rings (SSSR count). The number of anilines is 1. The van der Waals surface area contributed by atoms with Gasteiger partial charge in [-0.2, -0.15) is 0 Å². The number of phenols is 1. The molecule has 0 radical (unpaired) electrons. The summed E-state index contributed by atoms with van der Waals surface area (Å²) in [5.41, 5.74) is 2.85. The number of nitrogens with one attached hydrogen (secondary N) is 1. The minimum atomic E-state index is -0.391. The molecule has 21 heavy (non-hydrogen) atoms. The van der Waals surface area contributed by atoms with Crippen LogP contribution < -0.4 is 10.2 Å². The van der Waals surface area contributed by atoms with Crippen molar-refractivity contribution in [2.75, 3.05) is 19.0 Å². The highest BCUT2D eigenvalue weighted by atomic mass is 19.1. The van der Waals surface area contributed by atoms with E-state index >= 15 is 0 Å². The van der Waals surface area contributed by atoms with E-state index in [2.05, 4.69) is 29.6 Å². The normalized spacial score (nSPS) is 12.2. The van der Waals surface area contributed by atoms with E-state index in [1.807, 2.05) is 25.9 Å². The van der Waals surface area contributed by atoms with Gasteiger partial charge in [-0.1, -0.05) is 18.2 Å². The van der Waals surface area contributed by atoms with Gasteiger partial charge in [0.25, 0.3) is 0 Å². The maximum absolute atomic E-state index is 13.8. The number of rotatable bonds is 5. The smallest absolute Gasteiger partial charge is 0.131 e. The highest BCUT2D eigenvalue weighted by Gasteiger charge is 2.11. The molecule has 1 unspecified atom stereocenters. The number of aromatic hydroxyl groups is 1. The van der Waals surface area contributed by atoms with Crippen molar-refractivity contribution in [3.8, 4) is 5.75 Å². The Kier molecular flexibility index (Phi) is 4.81.